The standard InChI is InChI=1S/C8H3F14N3/c9-3(10,5(13,14)7(17,18)19)1(23)25-2(24)4(11,12)6(15,16)8(20,21)22/h(H3,23,24,25). The molecule has 0 unspecified atom stereocenters. The molecule has 0 spiro atoms. The lowest BCUT2D eigenvalue weighted by Crippen LogP contribution is -2.59. The molecular formula is C8H3F14N3. The van der Waals surface area contributed by atoms with Crippen molar-refractivity contribution in [3.63, 3.8) is 0 Å². The fourth-order valence-electron chi connectivity index (χ4n) is 0.926. The Hall–Kier alpha value is -1.84. The van der Waals surface area contributed by atoms with Crippen molar-refractivity contribution in [2.24, 2.45) is 10.7 Å². The third kappa shape index (κ3) is 3.58. The zero-order chi connectivity index (χ0) is 20.9. The van der Waals surface area contributed by atoms with Gasteiger partial charge in [0.15, 0.2) is 11.7 Å². The normalized spacial score (nSPS) is 16.2. The lowest BCUT2D eigenvalue weighted by atomic mass is 10.1. The summed E-state index contributed by atoms with van der Waals surface area (Å²) in [6, 6.07) is 0. The number of rotatable bonds is 4. The molecule has 0 aliphatic carbocycles. The third-order valence-electron chi connectivity index (χ3n) is 2.35. The number of alkyl halides is 14. The number of aliphatic imine (C=N–C) groups is 1. The van der Waals surface area contributed by atoms with Crippen molar-refractivity contribution in [2.75, 3.05) is 0 Å². The summed E-state index contributed by atoms with van der Waals surface area (Å²) < 4.78 is 172. The highest BCUT2D eigenvalue weighted by atomic mass is 19.4. The Morgan fingerprint density at radius 3 is 1.16 bits per heavy atom. The molecule has 0 aromatic heterocycles. The summed E-state index contributed by atoms with van der Waals surface area (Å²) in [5, 5.41) is 6.14. The Balaban J connectivity index is 6.02. The third-order valence-corrected chi connectivity index (χ3v) is 2.35. The van der Waals surface area contributed by atoms with Crippen LogP contribution in [0.1, 0.15) is 0 Å². The first-order valence-electron chi connectivity index (χ1n) is 5.13. The smallest absolute Gasteiger partial charge is 0.382 e. The van der Waals surface area contributed by atoms with Gasteiger partial charge in [-0.25, -0.2) is 4.99 Å². The number of nitrogens with one attached hydrogen (secondary N) is 1. The molecule has 3 N–H and O–H groups in total. The van der Waals surface area contributed by atoms with Crippen LogP contribution >= 0.6 is 0 Å². The molecule has 0 aromatic carbocycles. The second-order valence-electron chi connectivity index (χ2n) is 4.14. The van der Waals surface area contributed by atoms with Crippen molar-refractivity contribution >= 4 is 11.7 Å². The monoisotopic (exact) mass is 407 g/mol. The molecule has 148 valence electrons. The fraction of sp³-hybridized carbons (Fsp3) is 0.750. The van der Waals surface area contributed by atoms with Gasteiger partial charge in [-0.3, -0.25) is 5.41 Å². The molecule has 17 heteroatoms. The van der Waals surface area contributed by atoms with Crippen molar-refractivity contribution in [3.8, 4) is 0 Å². The molecule has 0 rings (SSSR count). The van der Waals surface area contributed by atoms with Gasteiger partial charge in [0.05, 0.1) is 0 Å². The highest BCUT2D eigenvalue weighted by Crippen LogP contribution is 2.48. The van der Waals surface area contributed by atoms with E-state index < -0.39 is 47.7 Å². The molecule has 0 radical (unpaired) electrons. The van der Waals surface area contributed by atoms with Crippen LogP contribution < -0.4 is 5.73 Å². The van der Waals surface area contributed by atoms with E-state index in [1.54, 1.807) is 0 Å². The summed E-state index contributed by atoms with van der Waals surface area (Å²) in [6.07, 6.45) is -14.1. The molecule has 0 heterocycles. The second-order valence-corrected chi connectivity index (χ2v) is 4.14. The number of nitrogens with zero attached hydrogens (tertiary/aromatic N) is 1. The number of amidine groups is 2. The highest BCUT2D eigenvalue weighted by molar-refractivity contribution is 6.02. The van der Waals surface area contributed by atoms with Gasteiger partial charge >= 0.3 is 36.0 Å². The largest absolute Gasteiger partial charge is 0.460 e. The number of nitrogens with two attached hydrogens (primary N) is 1. The van der Waals surface area contributed by atoms with Gasteiger partial charge in [-0.2, -0.15) is 61.5 Å². The van der Waals surface area contributed by atoms with Crippen LogP contribution in [0.15, 0.2) is 4.99 Å². The van der Waals surface area contributed by atoms with E-state index in [-0.39, 0.29) is 0 Å². The van der Waals surface area contributed by atoms with Crippen molar-refractivity contribution in [1.82, 2.24) is 0 Å². The first-order valence-corrected chi connectivity index (χ1v) is 5.13. The minimum Gasteiger partial charge on any atom is -0.382 e. The minimum atomic E-state index is -7.09. The second kappa shape index (κ2) is 5.86. The van der Waals surface area contributed by atoms with Gasteiger partial charge in [0, 0.05) is 0 Å². The van der Waals surface area contributed by atoms with E-state index in [1.807, 2.05) is 0 Å². The SMILES string of the molecule is N=C(N=C(N)C(F)(F)C(F)(F)C(F)(F)F)C(F)(F)C(F)(F)C(F)(F)F. The summed E-state index contributed by atoms with van der Waals surface area (Å²) in [7, 11) is 0. The van der Waals surface area contributed by atoms with E-state index >= 15 is 0 Å². The average molecular weight is 407 g/mol. The lowest BCUT2D eigenvalue weighted by molar-refractivity contribution is -0.337. The Morgan fingerprint density at radius 1 is 0.600 bits per heavy atom. The van der Waals surface area contributed by atoms with E-state index in [1.165, 1.54) is 4.99 Å². The Morgan fingerprint density at radius 2 is 0.880 bits per heavy atom. The quantitative estimate of drug-likeness (QED) is 0.414. The number of hydrogen-bond donors (Lipinski definition) is 2. The molecular weight excluding hydrogens is 404 g/mol. The Kier molecular flexibility index (Phi) is 5.43. The summed E-state index contributed by atoms with van der Waals surface area (Å²) in [5.74, 6) is -34.6. The van der Waals surface area contributed by atoms with Gasteiger partial charge < -0.3 is 5.73 Å². The molecule has 0 aliphatic rings. The van der Waals surface area contributed by atoms with E-state index in [4.69, 9.17) is 5.41 Å². The maximum atomic E-state index is 12.9. The highest BCUT2D eigenvalue weighted by Gasteiger charge is 2.77. The predicted octanol–water partition coefficient (Wildman–Crippen LogP) is 3.99. The molecule has 0 aromatic rings. The zero-order valence-corrected chi connectivity index (χ0v) is 10.8. The van der Waals surface area contributed by atoms with Crippen LogP contribution in [0.2, 0.25) is 0 Å². The molecule has 0 bridgehead atoms. The van der Waals surface area contributed by atoms with Crippen LogP contribution in [0.4, 0.5) is 61.5 Å². The summed E-state index contributed by atoms with van der Waals surface area (Å²) in [5.41, 5.74) is 3.90. The average Bonchev–Trinajstić information content (AvgIpc) is 2.34. The van der Waals surface area contributed by atoms with Crippen LogP contribution in [-0.4, -0.2) is 47.7 Å². The first kappa shape index (κ1) is 23.2. The van der Waals surface area contributed by atoms with Crippen LogP contribution in [0.5, 0.6) is 0 Å². The van der Waals surface area contributed by atoms with Gasteiger partial charge in [-0.1, -0.05) is 0 Å². The fourth-order valence-corrected chi connectivity index (χ4v) is 0.926. The van der Waals surface area contributed by atoms with Crippen LogP contribution in [0.3, 0.4) is 0 Å². The molecule has 0 fully saturated rings. The van der Waals surface area contributed by atoms with Gasteiger partial charge in [0.25, 0.3) is 0 Å². The summed E-state index contributed by atoms with van der Waals surface area (Å²) >= 11 is 0. The van der Waals surface area contributed by atoms with Crippen LogP contribution in [0, 0.1) is 5.41 Å². The minimum absolute atomic E-state index is 1.20. The molecule has 25 heavy (non-hydrogen) atoms. The van der Waals surface area contributed by atoms with Crippen molar-refractivity contribution in [2.45, 2.75) is 36.0 Å². The molecule has 0 saturated carbocycles. The maximum Gasteiger partial charge on any atom is 0.460 e. The number of hydrogen-bond acceptors (Lipinski definition) is 1. The van der Waals surface area contributed by atoms with Crippen LogP contribution in [-0.2, 0) is 0 Å². The van der Waals surface area contributed by atoms with E-state index in [0.29, 0.717) is 0 Å². The first-order chi connectivity index (χ1) is 10.5. The van der Waals surface area contributed by atoms with Gasteiger partial charge in [0.1, 0.15) is 0 Å². The maximum absolute atomic E-state index is 12.9. The number of halogens is 14. The van der Waals surface area contributed by atoms with Crippen molar-refractivity contribution < 1.29 is 61.5 Å². The van der Waals surface area contributed by atoms with Crippen LogP contribution in [0.25, 0.3) is 0 Å². The van der Waals surface area contributed by atoms with Gasteiger partial charge in [0.2, 0.25) is 0 Å². The molecule has 0 atom stereocenters. The molecule has 0 aliphatic heterocycles. The lowest BCUT2D eigenvalue weighted by Gasteiger charge is -2.29. The molecule has 3 nitrogen and oxygen atoms in total. The van der Waals surface area contributed by atoms with Gasteiger partial charge in [-0.15, -0.1) is 0 Å². The van der Waals surface area contributed by atoms with Crippen molar-refractivity contribution in [3.05, 3.63) is 0 Å². The van der Waals surface area contributed by atoms with E-state index in [9.17, 15) is 61.5 Å². The topological polar surface area (TPSA) is 62.2 Å². The summed E-state index contributed by atoms with van der Waals surface area (Å²) in [4.78, 5) is 1.20. The predicted molar refractivity (Wildman–Crippen MR) is 51.2 cm³/mol. The zero-order valence-electron chi connectivity index (χ0n) is 10.8. The Bertz CT molecular complexity index is 553. The molecule has 0 saturated heterocycles. The van der Waals surface area contributed by atoms with Gasteiger partial charge in [-0.05, 0) is 0 Å². The summed E-state index contributed by atoms with van der Waals surface area (Å²) in [6.45, 7) is 0. The van der Waals surface area contributed by atoms with E-state index in [0.717, 1.165) is 0 Å². The molecule has 0 amide bonds. The Labute approximate surface area is 127 Å². The van der Waals surface area contributed by atoms with Crippen molar-refractivity contribution in [1.29, 1.82) is 5.41 Å². The van der Waals surface area contributed by atoms with E-state index in [2.05, 4.69) is 5.73 Å².